The molecular formula is C12H8ClNO5S. The second-order valence-corrected chi connectivity index (χ2v) is 5.30. The van der Waals surface area contributed by atoms with E-state index in [4.69, 9.17) is 16.7 Å². The van der Waals surface area contributed by atoms with E-state index >= 15 is 0 Å². The number of aromatic hydroxyl groups is 1. The standard InChI is InChI=1S/C12H8ClNO5S/c13-5-1-2-7-6(3-5)10(17)9(12(19)20-7)11(18)14-4-8(15)16/h1-3,19H,4H2,(H,14,18)(H,15,16). The Hall–Kier alpha value is -2.12. The third-order valence-electron chi connectivity index (χ3n) is 2.46. The lowest BCUT2D eigenvalue weighted by atomic mass is 10.2. The number of halogens is 1. The van der Waals surface area contributed by atoms with E-state index in [0.29, 0.717) is 9.72 Å². The Morgan fingerprint density at radius 2 is 2.05 bits per heavy atom. The molecule has 0 spiro atoms. The molecule has 1 heterocycles. The predicted octanol–water partition coefficient (Wildman–Crippen LogP) is 1.43. The molecule has 1 aromatic carbocycles. The minimum absolute atomic E-state index is 0.195. The van der Waals surface area contributed by atoms with E-state index in [9.17, 15) is 19.5 Å². The lowest BCUT2D eigenvalue weighted by Gasteiger charge is -2.05. The van der Waals surface area contributed by atoms with Gasteiger partial charge < -0.3 is 15.5 Å². The first-order valence-electron chi connectivity index (χ1n) is 5.35. The molecule has 3 N–H and O–H groups in total. The summed E-state index contributed by atoms with van der Waals surface area (Å²) in [6, 6.07) is 4.51. The number of aliphatic carboxylic acids is 1. The topological polar surface area (TPSA) is 104 Å². The van der Waals surface area contributed by atoms with E-state index in [2.05, 4.69) is 0 Å². The summed E-state index contributed by atoms with van der Waals surface area (Å²) in [7, 11) is 0. The minimum Gasteiger partial charge on any atom is -0.499 e. The fourth-order valence-corrected chi connectivity index (χ4v) is 2.67. The van der Waals surface area contributed by atoms with Crippen molar-refractivity contribution in [2.75, 3.05) is 6.54 Å². The molecule has 0 saturated carbocycles. The first-order chi connectivity index (χ1) is 9.40. The zero-order chi connectivity index (χ0) is 14.9. The summed E-state index contributed by atoms with van der Waals surface area (Å²) in [5, 5.41) is 20.3. The Morgan fingerprint density at radius 1 is 1.35 bits per heavy atom. The van der Waals surface area contributed by atoms with Gasteiger partial charge in [0.2, 0.25) is 5.43 Å². The highest BCUT2D eigenvalue weighted by Gasteiger charge is 2.19. The smallest absolute Gasteiger partial charge is 0.322 e. The Bertz CT molecular complexity index is 770. The number of carboxylic acids is 1. The molecule has 0 radical (unpaired) electrons. The number of fused-ring (bicyclic) bond motifs is 1. The number of amides is 1. The van der Waals surface area contributed by atoms with E-state index in [1.54, 1.807) is 12.1 Å². The van der Waals surface area contributed by atoms with Crippen LogP contribution in [0.2, 0.25) is 5.02 Å². The number of hydrogen-bond acceptors (Lipinski definition) is 5. The largest absolute Gasteiger partial charge is 0.499 e. The molecule has 104 valence electrons. The van der Waals surface area contributed by atoms with Crippen molar-refractivity contribution in [3.05, 3.63) is 39.0 Å². The van der Waals surface area contributed by atoms with E-state index in [1.807, 2.05) is 5.32 Å². The Balaban J connectivity index is 2.56. The number of carbonyl (C=O) groups is 2. The Labute approximate surface area is 121 Å². The lowest BCUT2D eigenvalue weighted by molar-refractivity contribution is -0.135. The lowest BCUT2D eigenvalue weighted by Crippen LogP contribution is -2.32. The number of hydrogen-bond donors (Lipinski definition) is 3. The molecule has 0 bridgehead atoms. The van der Waals surface area contributed by atoms with Crippen LogP contribution < -0.4 is 10.7 Å². The van der Waals surface area contributed by atoms with Crippen molar-refractivity contribution in [3.63, 3.8) is 0 Å². The fourth-order valence-electron chi connectivity index (χ4n) is 1.60. The summed E-state index contributed by atoms with van der Waals surface area (Å²) in [5.41, 5.74) is -1.17. The second kappa shape index (κ2) is 5.48. The number of rotatable bonds is 3. The van der Waals surface area contributed by atoms with Crippen LogP contribution in [0.5, 0.6) is 5.06 Å². The SMILES string of the molecule is O=C(O)CNC(=O)c1c(O)sc2ccc(Cl)cc2c1=O. The maximum absolute atomic E-state index is 12.2. The van der Waals surface area contributed by atoms with E-state index < -0.39 is 34.5 Å². The van der Waals surface area contributed by atoms with Gasteiger partial charge in [0, 0.05) is 15.1 Å². The first kappa shape index (κ1) is 14.3. The average molecular weight is 314 g/mol. The van der Waals surface area contributed by atoms with Crippen molar-refractivity contribution in [3.8, 4) is 5.06 Å². The van der Waals surface area contributed by atoms with Gasteiger partial charge in [-0.2, -0.15) is 0 Å². The molecule has 2 rings (SSSR count). The van der Waals surface area contributed by atoms with Gasteiger partial charge in [0.05, 0.1) is 0 Å². The van der Waals surface area contributed by atoms with Crippen molar-refractivity contribution < 1.29 is 19.8 Å². The quantitative estimate of drug-likeness (QED) is 0.795. The molecule has 0 aliphatic carbocycles. The van der Waals surface area contributed by atoms with E-state index in [0.717, 1.165) is 11.3 Å². The Kier molecular flexibility index (Phi) is 3.91. The van der Waals surface area contributed by atoms with Crippen LogP contribution >= 0.6 is 22.9 Å². The minimum atomic E-state index is -1.25. The summed E-state index contributed by atoms with van der Waals surface area (Å²) < 4.78 is 0.478. The highest BCUT2D eigenvalue weighted by Crippen LogP contribution is 2.29. The molecule has 0 unspecified atom stereocenters. The molecule has 1 aromatic heterocycles. The monoisotopic (exact) mass is 313 g/mol. The van der Waals surface area contributed by atoms with Gasteiger partial charge in [-0.3, -0.25) is 14.4 Å². The van der Waals surface area contributed by atoms with Crippen LogP contribution in [-0.4, -0.2) is 28.6 Å². The van der Waals surface area contributed by atoms with Crippen molar-refractivity contribution in [2.24, 2.45) is 0 Å². The number of nitrogens with one attached hydrogen (secondary N) is 1. The molecule has 0 saturated heterocycles. The molecule has 0 aliphatic rings. The van der Waals surface area contributed by atoms with Crippen LogP contribution in [0.25, 0.3) is 10.1 Å². The Morgan fingerprint density at radius 3 is 2.70 bits per heavy atom. The molecular weight excluding hydrogens is 306 g/mol. The van der Waals surface area contributed by atoms with Gasteiger partial charge in [0.15, 0.2) is 5.06 Å². The summed E-state index contributed by atoms with van der Waals surface area (Å²) in [4.78, 5) is 34.3. The summed E-state index contributed by atoms with van der Waals surface area (Å²) in [6.07, 6.45) is 0. The van der Waals surface area contributed by atoms with Crippen LogP contribution in [0.4, 0.5) is 0 Å². The van der Waals surface area contributed by atoms with Gasteiger partial charge in [-0.25, -0.2) is 0 Å². The molecule has 0 aliphatic heterocycles. The highest BCUT2D eigenvalue weighted by atomic mass is 35.5. The van der Waals surface area contributed by atoms with Crippen molar-refractivity contribution >= 4 is 44.9 Å². The molecule has 8 heteroatoms. The summed E-state index contributed by atoms with van der Waals surface area (Å²) in [5.74, 6) is -2.19. The molecule has 20 heavy (non-hydrogen) atoms. The number of benzene rings is 1. The second-order valence-electron chi connectivity index (χ2n) is 3.83. The number of carboxylic acid groups (broad SMARTS) is 1. The zero-order valence-electron chi connectivity index (χ0n) is 9.84. The summed E-state index contributed by atoms with van der Waals surface area (Å²) in [6.45, 7) is -0.643. The molecule has 6 nitrogen and oxygen atoms in total. The molecule has 2 aromatic rings. The van der Waals surface area contributed by atoms with Crippen LogP contribution in [0.3, 0.4) is 0 Å². The normalized spacial score (nSPS) is 10.4. The van der Waals surface area contributed by atoms with Gasteiger partial charge in [-0.15, -0.1) is 0 Å². The molecule has 0 atom stereocenters. The van der Waals surface area contributed by atoms with Crippen LogP contribution in [0.15, 0.2) is 23.0 Å². The van der Waals surface area contributed by atoms with Gasteiger partial charge in [-0.1, -0.05) is 22.9 Å². The maximum atomic E-state index is 12.2. The van der Waals surface area contributed by atoms with Crippen molar-refractivity contribution in [1.29, 1.82) is 0 Å². The molecule has 1 amide bonds. The van der Waals surface area contributed by atoms with Crippen molar-refractivity contribution in [2.45, 2.75) is 0 Å². The number of carbonyl (C=O) groups excluding carboxylic acids is 1. The van der Waals surface area contributed by atoms with E-state index in [-0.39, 0.29) is 5.39 Å². The van der Waals surface area contributed by atoms with Gasteiger partial charge in [0.25, 0.3) is 5.91 Å². The average Bonchev–Trinajstić information content (AvgIpc) is 2.37. The maximum Gasteiger partial charge on any atom is 0.322 e. The van der Waals surface area contributed by atoms with Gasteiger partial charge in [-0.05, 0) is 18.2 Å². The predicted molar refractivity (Wildman–Crippen MR) is 74.7 cm³/mol. The van der Waals surface area contributed by atoms with Gasteiger partial charge in [0.1, 0.15) is 12.1 Å². The van der Waals surface area contributed by atoms with E-state index in [1.165, 1.54) is 6.07 Å². The highest BCUT2D eigenvalue weighted by molar-refractivity contribution is 7.20. The fraction of sp³-hybridized carbons (Fsp3) is 0.0833. The third kappa shape index (κ3) is 2.73. The zero-order valence-corrected chi connectivity index (χ0v) is 11.4. The first-order valence-corrected chi connectivity index (χ1v) is 6.55. The van der Waals surface area contributed by atoms with Gasteiger partial charge >= 0.3 is 5.97 Å². The van der Waals surface area contributed by atoms with Crippen LogP contribution in [-0.2, 0) is 4.79 Å². The third-order valence-corrected chi connectivity index (χ3v) is 3.67. The summed E-state index contributed by atoms with van der Waals surface area (Å²) >= 11 is 6.63. The van der Waals surface area contributed by atoms with Crippen molar-refractivity contribution in [1.82, 2.24) is 5.32 Å². The van der Waals surface area contributed by atoms with Crippen LogP contribution in [0, 0.1) is 0 Å². The van der Waals surface area contributed by atoms with Crippen LogP contribution in [0.1, 0.15) is 10.4 Å². The molecule has 0 fully saturated rings.